The van der Waals surface area contributed by atoms with Crippen molar-refractivity contribution in [1.29, 1.82) is 0 Å². The van der Waals surface area contributed by atoms with Crippen molar-refractivity contribution < 1.29 is 19.4 Å². The average Bonchev–Trinajstić information content (AvgIpc) is 2.86. The molecule has 5 heteroatoms. The highest BCUT2D eigenvalue weighted by Gasteiger charge is 2.57. The van der Waals surface area contributed by atoms with Gasteiger partial charge in [0.15, 0.2) is 0 Å². The Morgan fingerprint density at radius 1 is 1.05 bits per heavy atom. The van der Waals surface area contributed by atoms with E-state index in [0.717, 1.165) is 19.3 Å². The van der Waals surface area contributed by atoms with Gasteiger partial charge in [0.25, 0.3) is 0 Å². The maximum absolute atomic E-state index is 13.3. The summed E-state index contributed by atoms with van der Waals surface area (Å²) in [5.41, 5.74) is -0.259. The van der Waals surface area contributed by atoms with Crippen LogP contribution in [0.15, 0.2) is 0 Å². The first-order valence-electron chi connectivity index (χ1n) is 8.58. The van der Waals surface area contributed by atoms with Gasteiger partial charge in [-0.1, -0.05) is 0 Å². The number of nitrogens with zero attached hydrogens (tertiary/aromatic N) is 1. The predicted octanol–water partition coefficient (Wildman–Crippen LogP) is 1.34. The van der Waals surface area contributed by atoms with Gasteiger partial charge < -0.3 is 14.7 Å². The second-order valence-electron chi connectivity index (χ2n) is 8.08. The minimum absolute atomic E-state index is 0.110. The van der Waals surface area contributed by atoms with Crippen LogP contribution < -0.4 is 0 Å². The van der Waals surface area contributed by atoms with Crippen LogP contribution in [0.25, 0.3) is 0 Å². The Hall–Kier alpha value is -1.10. The number of aliphatic hydroxyl groups excluding tert-OH is 1. The molecule has 4 bridgehead atoms. The molecule has 0 aromatic heterocycles. The molecule has 1 amide bonds. The highest BCUT2D eigenvalue weighted by molar-refractivity contribution is 5.89. The molecular weight excluding hydrogens is 282 g/mol. The summed E-state index contributed by atoms with van der Waals surface area (Å²) < 4.78 is 4.84. The summed E-state index contributed by atoms with van der Waals surface area (Å²) in [5.74, 6) is 1.80. The number of amides is 1. The standard InChI is InChI=1S/C17H25NO4/c1-22-15(20)14-5-13(19)9-18(14)16(21)17-6-10-2-11(7-17)4-12(3-10)8-17/h10-14,19H,2-9H2,1H3/t10?,11?,12?,13-,14-,17?/m1/s1. The lowest BCUT2D eigenvalue weighted by molar-refractivity contribution is -0.164. The molecule has 5 aliphatic rings. The summed E-state index contributed by atoms with van der Waals surface area (Å²) in [7, 11) is 1.35. The monoisotopic (exact) mass is 307 g/mol. The van der Waals surface area contributed by atoms with Crippen LogP contribution in [-0.4, -0.2) is 47.7 Å². The van der Waals surface area contributed by atoms with E-state index < -0.39 is 18.1 Å². The van der Waals surface area contributed by atoms with Crippen LogP contribution in [0.5, 0.6) is 0 Å². The maximum Gasteiger partial charge on any atom is 0.328 e. The minimum Gasteiger partial charge on any atom is -0.467 e. The Morgan fingerprint density at radius 3 is 2.09 bits per heavy atom. The minimum atomic E-state index is -0.609. The zero-order valence-electron chi connectivity index (χ0n) is 13.2. The van der Waals surface area contributed by atoms with E-state index in [1.807, 2.05) is 0 Å². The molecule has 22 heavy (non-hydrogen) atoms. The molecule has 5 rings (SSSR count). The fourth-order valence-corrected chi connectivity index (χ4v) is 6.07. The first kappa shape index (κ1) is 14.5. The lowest BCUT2D eigenvalue weighted by atomic mass is 9.49. The molecule has 1 aliphatic heterocycles. The summed E-state index contributed by atoms with van der Waals surface area (Å²) >= 11 is 0. The topological polar surface area (TPSA) is 66.8 Å². The molecule has 1 heterocycles. The van der Waals surface area contributed by atoms with Crippen molar-refractivity contribution in [2.24, 2.45) is 23.2 Å². The van der Waals surface area contributed by atoms with Gasteiger partial charge in [-0.2, -0.15) is 0 Å². The van der Waals surface area contributed by atoms with Crippen LogP contribution in [0.1, 0.15) is 44.9 Å². The average molecular weight is 307 g/mol. The van der Waals surface area contributed by atoms with Crippen molar-refractivity contribution in [1.82, 2.24) is 4.90 Å². The third-order valence-corrected chi connectivity index (χ3v) is 6.51. The van der Waals surface area contributed by atoms with Crippen molar-refractivity contribution in [3.63, 3.8) is 0 Å². The number of likely N-dealkylation sites (tertiary alicyclic amines) is 1. The van der Waals surface area contributed by atoms with Crippen molar-refractivity contribution in [2.45, 2.75) is 57.1 Å². The SMILES string of the molecule is COC(=O)[C@H]1C[C@@H](O)CN1C(=O)C12CC3CC(CC(C3)C1)C2. The van der Waals surface area contributed by atoms with Crippen LogP contribution in [0.4, 0.5) is 0 Å². The fourth-order valence-electron chi connectivity index (χ4n) is 6.07. The number of rotatable bonds is 2. The van der Waals surface area contributed by atoms with Crippen molar-refractivity contribution >= 4 is 11.9 Å². The van der Waals surface area contributed by atoms with Crippen LogP contribution in [0.2, 0.25) is 0 Å². The summed E-state index contributed by atoms with van der Waals surface area (Å²) in [6, 6.07) is -0.597. The summed E-state index contributed by atoms with van der Waals surface area (Å²) in [6.45, 7) is 0.278. The van der Waals surface area contributed by atoms with Crippen LogP contribution >= 0.6 is 0 Å². The maximum atomic E-state index is 13.3. The Balaban J connectivity index is 1.59. The summed E-state index contributed by atoms with van der Waals surface area (Å²) in [4.78, 5) is 26.9. The van der Waals surface area contributed by atoms with Gasteiger partial charge in [-0.25, -0.2) is 4.79 Å². The van der Waals surface area contributed by atoms with Gasteiger partial charge in [-0.05, 0) is 56.3 Å². The zero-order chi connectivity index (χ0) is 15.5. The number of esters is 1. The number of ether oxygens (including phenoxy) is 1. The number of carbonyl (C=O) groups excluding carboxylic acids is 2. The largest absolute Gasteiger partial charge is 0.467 e. The Labute approximate surface area is 131 Å². The van der Waals surface area contributed by atoms with Gasteiger partial charge in [0.2, 0.25) is 5.91 Å². The van der Waals surface area contributed by atoms with E-state index >= 15 is 0 Å². The first-order chi connectivity index (χ1) is 10.5. The molecule has 5 nitrogen and oxygen atoms in total. The van der Waals surface area contributed by atoms with E-state index in [9.17, 15) is 14.7 Å². The Bertz CT molecular complexity index is 468. The van der Waals surface area contributed by atoms with Crippen LogP contribution in [-0.2, 0) is 14.3 Å². The first-order valence-corrected chi connectivity index (χ1v) is 8.58. The van der Waals surface area contributed by atoms with Crippen molar-refractivity contribution in [2.75, 3.05) is 13.7 Å². The third kappa shape index (κ3) is 2.08. The normalized spacial score (nSPS) is 46.1. The molecule has 2 atom stereocenters. The van der Waals surface area contributed by atoms with Gasteiger partial charge in [0.05, 0.1) is 18.6 Å². The summed E-state index contributed by atoms with van der Waals surface area (Å²) in [6.07, 6.45) is 6.52. The van der Waals surface area contributed by atoms with Crippen molar-refractivity contribution in [3.8, 4) is 0 Å². The second kappa shape index (κ2) is 4.95. The predicted molar refractivity (Wildman–Crippen MR) is 78.7 cm³/mol. The Morgan fingerprint density at radius 2 is 1.59 bits per heavy atom. The summed E-state index contributed by atoms with van der Waals surface area (Å²) in [5, 5.41) is 9.94. The van der Waals surface area contributed by atoms with Crippen LogP contribution in [0, 0.1) is 23.2 Å². The van der Waals surface area contributed by atoms with Gasteiger partial charge in [-0.15, -0.1) is 0 Å². The number of aliphatic hydroxyl groups is 1. The van der Waals surface area contributed by atoms with E-state index in [0.29, 0.717) is 24.2 Å². The second-order valence-corrected chi connectivity index (χ2v) is 8.08. The van der Waals surface area contributed by atoms with Gasteiger partial charge in [-0.3, -0.25) is 4.79 Å². The van der Waals surface area contributed by atoms with Crippen LogP contribution in [0.3, 0.4) is 0 Å². The van der Waals surface area contributed by atoms with E-state index in [1.165, 1.54) is 26.4 Å². The molecule has 0 spiro atoms. The number of hydrogen-bond donors (Lipinski definition) is 1. The van der Waals surface area contributed by atoms with E-state index in [-0.39, 0.29) is 17.9 Å². The molecule has 5 fully saturated rings. The van der Waals surface area contributed by atoms with E-state index in [2.05, 4.69) is 0 Å². The lowest BCUT2D eigenvalue weighted by Gasteiger charge is -2.56. The molecule has 1 saturated heterocycles. The molecule has 0 unspecified atom stereocenters. The van der Waals surface area contributed by atoms with Gasteiger partial charge >= 0.3 is 5.97 Å². The van der Waals surface area contributed by atoms with E-state index in [4.69, 9.17) is 4.74 Å². The molecule has 4 saturated carbocycles. The molecule has 1 N–H and O–H groups in total. The highest BCUT2D eigenvalue weighted by Crippen LogP contribution is 2.60. The molecule has 122 valence electrons. The molecule has 0 radical (unpaired) electrons. The Kier molecular flexibility index (Phi) is 3.26. The third-order valence-electron chi connectivity index (χ3n) is 6.51. The molecule has 4 aliphatic carbocycles. The van der Waals surface area contributed by atoms with E-state index in [1.54, 1.807) is 4.90 Å². The number of hydrogen-bond acceptors (Lipinski definition) is 4. The number of β-amino-alcohol motifs (C(OH)–C–C–N with tert-alkyl or cyclic N) is 1. The fraction of sp³-hybridized carbons (Fsp3) is 0.882. The molecular formula is C17H25NO4. The van der Waals surface area contributed by atoms with Crippen molar-refractivity contribution in [3.05, 3.63) is 0 Å². The smallest absolute Gasteiger partial charge is 0.328 e. The number of methoxy groups -OCH3 is 1. The molecule has 0 aromatic rings. The van der Waals surface area contributed by atoms with Gasteiger partial charge in [0.1, 0.15) is 6.04 Å². The lowest BCUT2D eigenvalue weighted by Crippen LogP contribution is -2.56. The van der Waals surface area contributed by atoms with Gasteiger partial charge in [0, 0.05) is 13.0 Å². The quantitative estimate of drug-likeness (QED) is 0.782. The number of carbonyl (C=O) groups is 2. The molecule has 0 aromatic carbocycles. The zero-order valence-corrected chi connectivity index (χ0v) is 13.2. The highest BCUT2D eigenvalue weighted by atomic mass is 16.5.